The minimum atomic E-state index is -4.66. The zero-order valence-electron chi connectivity index (χ0n) is 13.9. The number of nitrogens with zero attached hydrogens (tertiary/aromatic N) is 1. The maximum atomic E-state index is 12.8. The normalized spacial score (nSPS) is 19.0. The van der Waals surface area contributed by atoms with E-state index in [4.69, 9.17) is 0 Å². The topological polar surface area (TPSA) is 52.6 Å². The Kier molecular flexibility index (Phi) is 5.42. The molecule has 1 aromatic rings. The van der Waals surface area contributed by atoms with Gasteiger partial charge in [-0.1, -0.05) is 31.2 Å². The maximum absolute atomic E-state index is 12.8. The quantitative estimate of drug-likeness (QED) is 0.883. The number of aryl methyl sites for hydroxylation is 1. The van der Waals surface area contributed by atoms with Crippen molar-refractivity contribution in [2.24, 2.45) is 0 Å². The van der Waals surface area contributed by atoms with Gasteiger partial charge in [0.1, 0.15) is 0 Å². The third-order valence-electron chi connectivity index (χ3n) is 4.63. The van der Waals surface area contributed by atoms with Gasteiger partial charge in [-0.2, -0.15) is 13.2 Å². The minimum absolute atomic E-state index is 0.122. The van der Waals surface area contributed by atoms with Crippen LogP contribution in [0.15, 0.2) is 24.3 Å². The molecule has 2 rings (SSSR count). The van der Waals surface area contributed by atoms with E-state index in [0.717, 1.165) is 12.0 Å². The lowest BCUT2D eigenvalue weighted by molar-refractivity contribution is -0.271. The van der Waals surface area contributed by atoms with Crippen molar-refractivity contribution in [1.82, 2.24) is 10.2 Å². The van der Waals surface area contributed by atoms with Crippen molar-refractivity contribution in [1.29, 1.82) is 0 Å². The predicted molar refractivity (Wildman–Crippen MR) is 84.6 cm³/mol. The second kappa shape index (κ2) is 7.01. The number of urea groups is 1. The number of likely N-dealkylation sites (tertiary alicyclic amines) is 1. The van der Waals surface area contributed by atoms with Gasteiger partial charge in [-0.05, 0) is 24.5 Å². The average molecular weight is 344 g/mol. The molecule has 1 saturated heterocycles. The fourth-order valence-electron chi connectivity index (χ4n) is 2.77. The van der Waals surface area contributed by atoms with Crippen LogP contribution in [0.4, 0.5) is 18.0 Å². The molecule has 7 heteroatoms. The van der Waals surface area contributed by atoms with Gasteiger partial charge in [0, 0.05) is 25.9 Å². The third kappa shape index (κ3) is 4.01. The number of rotatable bonds is 3. The van der Waals surface area contributed by atoms with Crippen molar-refractivity contribution in [3.63, 3.8) is 0 Å². The van der Waals surface area contributed by atoms with Crippen LogP contribution in [-0.4, -0.2) is 40.9 Å². The van der Waals surface area contributed by atoms with E-state index in [9.17, 15) is 23.1 Å². The van der Waals surface area contributed by atoms with Gasteiger partial charge >= 0.3 is 12.2 Å². The van der Waals surface area contributed by atoms with Gasteiger partial charge in [0.15, 0.2) is 5.60 Å². The van der Waals surface area contributed by atoms with E-state index < -0.39 is 30.7 Å². The zero-order chi connectivity index (χ0) is 18.0. The molecule has 1 unspecified atom stereocenters. The number of carbonyl (C=O) groups is 1. The molecule has 4 nitrogen and oxygen atoms in total. The Morgan fingerprint density at radius 1 is 1.29 bits per heavy atom. The molecule has 0 spiro atoms. The number of alkyl halides is 3. The molecule has 2 N–H and O–H groups in total. The summed E-state index contributed by atoms with van der Waals surface area (Å²) in [5.74, 6) is 0. The third-order valence-corrected chi connectivity index (χ3v) is 4.63. The number of hydrogen-bond acceptors (Lipinski definition) is 2. The summed E-state index contributed by atoms with van der Waals surface area (Å²) in [7, 11) is 0. The number of benzene rings is 1. The number of amides is 2. The van der Waals surface area contributed by atoms with Crippen LogP contribution < -0.4 is 5.32 Å². The number of hydrogen-bond donors (Lipinski definition) is 2. The molecule has 1 aliphatic rings. The van der Waals surface area contributed by atoms with Gasteiger partial charge in [0.25, 0.3) is 0 Å². The molecule has 1 aliphatic heterocycles. The van der Waals surface area contributed by atoms with Crippen LogP contribution in [0.1, 0.15) is 43.9 Å². The second-order valence-electron chi connectivity index (χ2n) is 6.28. The molecule has 134 valence electrons. The SMILES string of the molecule is CCc1ccc(C(C)NC(=O)N2CCC(O)(C(F)(F)F)CC2)cc1. The molecule has 0 radical (unpaired) electrons. The largest absolute Gasteiger partial charge is 0.417 e. The summed E-state index contributed by atoms with van der Waals surface area (Å²) < 4.78 is 38.3. The Bertz CT molecular complexity index is 564. The lowest BCUT2D eigenvalue weighted by Gasteiger charge is -2.39. The minimum Gasteiger partial charge on any atom is -0.380 e. The highest BCUT2D eigenvalue weighted by atomic mass is 19.4. The van der Waals surface area contributed by atoms with E-state index in [-0.39, 0.29) is 19.1 Å². The highest BCUT2D eigenvalue weighted by Crippen LogP contribution is 2.38. The van der Waals surface area contributed by atoms with Gasteiger partial charge in [-0.15, -0.1) is 0 Å². The first-order chi connectivity index (χ1) is 11.2. The lowest BCUT2D eigenvalue weighted by Crippen LogP contribution is -2.56. The van der Waals surface area contributed by atoms with Gasteiger partial charge in [-0.25, -0.2) is 4.79 Å². The van der Waals surface area contributed by atoms with Crippen LogP contribution in [0.25, 0.3) is 0 Å². The van der Waals surface area contributed by atoms with Crippen molar-refractivity contribution in [2.45, 2.75) is 50.9 Å². The molecule has 0 aliphatic carbocycles. The van der Waals surface area contributed by atoms with E-state index in [1.165, 1.54) is 10.5 Å². The average Bonchev–Trinajstić information content (AvgIpc) is 2.54. The van der Waals surface area contributed by atoms with Crippen LogP contribution in [0.5, 0.6) is 0 Å². The Hall–Kier alpha value is -1.76. The van der Waals surface area contributed by atoms with Crippen molar-refractivity contribution < 1.29 is 23.1 Å². The first-order valence-electron chi connectivity index (χ1n) is 8.09. The Labute approximate surface area is 139 Å². The second-order valence-corrected chi connectivity index (χ2v) is 6.28. The maximum Gasteiger partial charge on any atom is 0.417 e. The van der Waals surface area contributed by atoms with Crippen LogP contribution in [0, 0.1) is 0 Å². The Balaban J connectivity index is 1.91. The summed E-state index contributed by atoms with van der Waals surface area (Å²) in [6.07, 6.45) is -4.73. The highest BCUT2D eigenvalue weighted by Gasteiger charge is 2.54. The van der Waals surface area contributed by atoms with Gasteiger partial charge < -0.3 is 15.3 Å². The number of nitrogens with one attached hydrogen (secondary N) is 1. The molecule has 0 saturated carbocycles. The van der Waals surface area contributed by atoms with E-state index in [1.807, 2.05) is 31.2 Å². The molecular weight excluding hydrogens is 321 g/mol. The van der Waals surface area contributed by atoms with E-state index >= 15 is 0 Å². The van der Waals surface area contributed by atoms with Gasteiger partial charge in [0.05, 0.1) is 6.04 Å². The Morgan fingerprint density at radius 3 is 2.29 bits per heavy atom. The van der Waals surface area contributed by atoms with Crippen LogP contribution >= 0.6 is 0 Å². The molecule has 0 aromatic heterocycles. The first kappa shape index (κ1) is 18.6. The first-order valence-corrected chi connectivity index (χ1v) is 8.09. The summed E-state index contributed by atoms with van der Waals surface area (Å²) in [6, 6.07) is 7.19. The van der Waals surface area contributed by atoms with Crippen LogP contribution in [-0.2, 0) is 6.42 Å². The zero-order valence-corrected chi connectivity index (χ0v) is 13.9. The molecular formula is C17H23F3N2O2. The van der Waals surface area contributed by atoms with Gasteiger partial charge in [0.2, 0.25) is 0 Å². The molecule has 1 heterocycles. The van der Waals surface area contributed by atoms with E-state index in [1.54, 1.807) is 0 Å². The number of halogens is 3. The molecule has 1 atom stereocenters. The Morgan fingerprint density at radius 2 is 1.83 bits per heavy atom. The smallest absolute Gasteiger partial charge is 0.380 e. The standard InChI is InChI=1S/C17H23F3N2O2/c1-3-13-4-6-14(7-5-13)12(2)21-15(23)22-10-8-16(24,9-11-22)17(18,19)20/h4-7,12,24H,3,8-11H2,1-2H3,(H,21,23). The summed E-state index contributed by atoms with van der Waals surface area (Å²) in [5, 5.41) is 12.4. The van der Waals surface area contributed by atoms with Gasteiger partial charge in [-0.3, -0.25) is 0 Å². The van der Waals surface area contributed by atoms with Crippen LogP contribution in [0.2, 0.25) is 0 Å². The fraction of sp³-hybridized carbons (Fsp3) is 0.588. The molecule has 0 bridgehead atoms. The van der Waals surface area contributed by atoms with Crippen LogP contribution in [0.3, 0.4) is 0 Å². The summed E-state index contributed by atoms with van der Waals surface area (Å²) >= 11 is 0. The molecule has 2 amide bonds. The number of carbonyl (C=O) groups excluding carboxylic acids is 1. The highest BCUT2D eigenvalue weighted by molar-refractivity contribution is 5.74. The number of piperidine rings is 1. The van der Waals surface area contributed by atoms with Crippen molar-refractivity contribution in [3.05, 3.63) is 35.4 Å². The molecule has 24 heavy (non-hydrogen) atoms. The van der Waals surface area contributed by atoms with Crippen molar-refractivity contribution in [2.75, 3.05) is 13.1 Å². The van der Waals surface area contributed by atoms with E-state index in [2.05, 4.69) is 12.2 Å². The summed E-state index contributed by atoms with van der Waals surface area (Å²) in [6.45, 7) is 3.64. The summed E-state index contributed by atoms with van der Waals surface area (Å²) in [4.78, 5) is 13.5. The molecule has 1 fully saturated rings. The predicted octanol–water partition coefficient (Wildman–Crippen LogP) is 3.41. The fourth-order valence-corrected chi connectivity index (χ4v) is 2.77. The monoisotopic (exact) mass is 344 g/mol. The van der Waals surface area contributed by atoms with Crippen molar-refractivity contribution in [3.8, 4) is 0 Å². The van der Waals surface area contributed by atoms with Crippen molar-refractivity contribution >= 4 is 6.03 Å². The molecule has 1 aromatic carbocycles. The van der Waals surface area contributed by atoms with E-state index in [0.29, 0.717) is 0 Å². The summed E-state index contributed by atoms with van der Waals surface area (Å²) in [5.41, 5.74) is -0.560. The lowest BCUT2D eigenvalue weighted by atomic mass is 9.91. The number of aliphatic hydroxyl groups is 1.